The van der Waals surface area contributed by atoms with Crippen molar-refractivity contribution in [1.29, 1.82) is 0 Å². The third-order valence-electron chi connectivity index (χ3n) is 4.18. The summed E-state index contributed by atoms with van der Waals surface area (Å²) in [5, 5.41) is 8.83. The first-order valence-electron chi connectivity index (χ1n) is 8.71. The van der Waals surface area contributed by atoms with Crippen LogP contribution in [-0.2, 0) is 16.0 Å². The van der Waals surface area contributed by atoms with Crippen LogP contribution in [0, 0.1) is 0 Å². The molecule has 8 heteroatoms. The number of nitrogens with zero attached hydrogens (tertiary/aromatic N) is 3. The summed E-state index contributed by atoms with van der Waals surface area (Å²) in [7, 11) is 3.36. The number of anilines is 1. The van der Waals surface area contributed by atoms with Crippen molar-refractivity contribution in [3.63, 3.8) is 0 Å². The van der Waals surface area contributed by atoms with Crippen molar-refractivity contribution in [3.05, 3.63) is 42.1 Å². The van der Waals surface area contributed by atoms with E-state index in [1.807, 2.05) is 30.3 Å². The van der Waals surface area contributed by atoms with Crippen LogP contribution < -0.4 is 10.4 Å². The number of rotatable bonds is 10. The lowest BCUT2D eigenvalue weighted by Crippen LogP contribution is -2.31. The monoisotopic (exact) mass is 372 g/mol. The van der Waals surface area contributed by atoms with Crippen molar-refractivity contribution in [2.75, 3.05) is 45.4 Å². The van der Waals surface area contributed by atoms with Crippen LogP contribution in [-0.4, -0.2) is 55.7 Å². The molecule has 3 rings (SSSR count). The number of hydrogen-bond donors (Lipinski definition) is 2. The van der Waals surface area contributed by atoms with Gasteiger partial charge in [-0.25, -0.2) is 15.4 Å². The zero-order valence-corrected chi connectivity index (χ0v) is 15.5. The molecule has 0 atom stereocenters. The number of pyridine rings is 1. The second-order valence-corrected chi connectivity index (χ2v) is 6.03. The van der Waals surface area contributed by atoms with E-state index in [1.54, 1.807) is 20.4 Å². The molecule has 0 aliphatic heterocycles. The topological polar surface area (TPSA) is 92.9 Å². The lowest BCUT2D eigenvalue weighted by molar-refractivity contribution is 0.161. The highest BCUT2D eigenvalue weighted by Crippen LogP contribution is 2.25. The number of aromatic nitrogens is 2. The SMILES string of the molecule is COCCN(CCOC)c1ccc(-c2nc3cc(CNO)ccc3o2)cn1. The fourth-order valence-corrected chi connectivity index (χ4v) is 2.74. The predicted molar refractivity (Wildman–Crippen MR) is 102 cm³/mol. The van der Waals surface area contributed by atoms with Crippen LogP contribution in [0.3, 0.4) is 0 Å². The van der Waals surface area contributed by atoms with Crippen molar-refractivity contribution in [1.82, 2.24) is 15.4 Å². The number of oxazole rings is 1. The van der Waals surface area contributed by atoms with Gasteiger partial charge in [-0.2, -0.15) is 0 Å². The summed E-state index contributed by atoms with van der Waals surface area (Å²) in [5.74, 6) is 1.36. The summed E-state index contributed by atoms with van der Waals surface area (Å²) in [6, 6.07) is 9.49. The minimum Gasteiger partial charge on any atom is -0.436 e. The van der Waals surface area contributed by atoms with Gasteiger partial charge in [0.2, 0.25) is 5.89 Å². The maximum atomic E-state index is 8.83. The van der Waals surface area contributed by atoms with Crippen LogP contribution in [0.1, 0.15) is 5.56 Å². The molecular weight excluding hydrogens is 348 g/mol. The summed E-state index contributed by atoms with van der Waals surface area (Å²) in [4.78, 5) is 11.2. The molecule has 0 aliphatic carbocycles. The van der Waals surface area contributed by atoms with E-state index in [4.69, 9.17) is 19.1 Å². The first kappa shape index (κ1) is 19.2. The third kappa shape index (κ3) is 4.81. The Bertz CT molecular complexity index is 843. The van der Waals surface area contributed by atoms with Gasteiger partial charge in [-0.3, -0.25) is 0 Å². The van der Waals surface area contributed by atoms with E-state index in [9.17, 15) is 0 Å². The smallest absolute Gasteiger partial charge is 0.228 e. The van der Waals surface area contributed by atoms with Gasteiger partial charge in [0.15, 0.2) is 5.58 Å². The molecule has 0 spiro atoms. The molecule has 0 saturated heterocycles. The number of benzene rings is 1. The molecule has 0 aliphatic rings. The van der Waals surface area contributed by atoms with Crippen molar-refractivity contribution < 1.29 is 19.1 Å². The van der Waals surface area contributed by atoms with Crippen LogP contribution in [0.4, 0.5) is 5.82 Å². The molecule has 0 saturated carbocycles. The molecule has 0 radical (unpaired) electrons. The van der Waals surface area contributed by atoms with Gasteiger partial charge in [0.25, 0.3) is 0 Å². The van der Waals surface area contributed by atoms with Crippen LogP contribution in [0.2, 0.25) is 0 Å². The molecule has 2 N–H and O–H groups in total. The first-order chi connectivity index (χ1) is 13.2. The maximum Gasteiger partial charge on any atom is 0.228 e. The minimum atomic E-state index is 0.354. The van der Waals surface area contributed by atoms with Gasteiger partial charge in [-0.15, -0.1) is 0 Å². The molecule has 0 bridgehead atoms. The summed E-state index contributed by atoms with van der Waals surface area (Å²) >= 11 is 0. The Morgan fingerprint density at radius 3 is 2.52 bits per heavy atom. The summed E-state index contributed by atoms with van der Waals surface area (Å²) in [6.45, 7) is 3.05. The van der Waals surface area contributed by atoms with Gasteiger partial charge in [0.05, 0.1) is 18.8 Å². The van der Waals surface area contributed by atoms with E-state index >= 15 is 0 Å². The number of hydrogen-bond acceptors (Lipinski definition) is 8. The second kappa shape index (κ2) is 9.43. The summed E-state index contributed by atoms with van der Waals surface area (Å²) < 4.78 is 16.2. The highest BCUT2D eigenvalue weighted by Gasteiger charge is 2.12. The van der Waals surface area contributed by atoms with Gasteiger partial charge in [-0.1, -0.05) is 6.07 Å². The molecular formula is C19H24N4O4. The lowest BCUT2D eigenvalue weighted by Gasteiger charge is -2.23. The standard InChI is InChI=1S/C19H24N4O4/c1-25-9-7-23(8-10-26-2)18-6-4-15(13-20-18)19-22-16-11-14(12-21-24)3-5-17(16)27-19/h3-6,11,13,21,24H,7-10,12H2,1-2H3. The van der Waals surface area contributed by atoms with Crippen molar-refractivity contribution in [2.45, 2.75) is 6.54 Å². The van der Waals surface area contributed by atoms with E-state index in [1.165, 1.54) is 0 Å². The Hall–Kier alpha value is -2.52. The quantitative estimate of drug-likeness (QED) is 0.524. The van der Waals surface area contributed by atoms with Gasteiger partial charge in [0, 0.05) is 40.1 Å². The number of fused-ring (bicyclic) bond motifs is 1. The molecule has 0 unspecified atom stereocenters. The van der Waals surface area contributed by atoms with E-state index in [0.29, 0.717) is 31.2 Å². The summed E-state index contributed by atoms with van der Waals surface area (Å²) in [5.41, 5.74) is 5.30. The van der Waals surface area contributed by atoms with Crippen molar-refractivity contribution in [3.8, 4) is 11.5 Å². The minimum absolute atomic E-state index is 0.354. The van der Waals surface area contributed by atoms with Gasteiger partial charge in [-0.05, 0) is 29.8 Å². The Balaban J connectivity index is 1.80. The Kier molecular flexibility index (Phi) is 6.72. The number of ether oxygens (including phenoxy) is 2. The fourth-order valence-electron chi connectivity index (χ4n) is 2.74. The predicted octanol–water partition coefficient (Wildman–Crippen LogP) is 2.47. The van der Waals surface area contributed by atoms with Gasteiger partial charge in [0.1, 0.15) is 11.3 Å². The number of nitrogens with one attached hydrogen (secondary N) is 1. The Labute approximate surface area is 157 Å². The van der Waals surface area contributed by atoms with Crippen molar-refractivity contribution in [2.24, 2.45) is 0 Å². The van der Waals surface area contributed by atoms with Crippen LogP contribution in [0.25, 0.3) is 22.6 Å². The van der Waals surface area contributed by atoms with E-state index in [2.05, 4.69) is 20.3 Å². The molecule has 8 nitrogen and oxygen atoms in total. The largest absolute Gasteiger partial charge is 0.436 e. The zero-order valence-electron chi connectivity index (χ0n) is 15.5. The second-order valence-electron chi connectivity index (χ2n) is 6.03. The third-order valence-corrected chi connectivity index (χ3v) is 4.18. The lowest BCUT2D eigenvalue weighted by atomic mass is 10.2. The van der Waals surface area contributed by atoms with Crippen molar-refractivity contribution >= 4 is 16.9 Å². The Morgan fingerprint density at radius 1 is 1.11 bits per heavy atom. The Morgan fingerprint density at radius 2 is 1.89 bits per heavy atom. The average molecular weight is 372 g/mol. The normalized spacial score (nSPS) is 11.2. The number of methoxy groups -OCH3 is 2. The highest BCUT2D eigenvalue weighted by atomic mass is 16.5. The molecule has 0 amide bonds. The van der Waals surface area contributed by atoms with E-state index in [0.717, 1.165) is 35.6 Å². The van der Waals surface area contributed by atoms with Gasteiger partial charge < -0.3 is 24.0 Å². The molecule has 1 aromatic carbocycles. The molecule has 2 aromatic heterocycles. The first-order valence-corrected chi connectivity index (χ1v) is 8.71. The maximum absolute atomic E-state index is 8.83. The van der Waals surface area contributed by atoms with Gasteiger partial charge >= 0.3 is 0 Å². The molecule has 144 valence electrons. The van der Waals surface area contributed by atoms with Crippen LogP contribution in [0.15, 0.2) is 40.9 Å². The molecule has 2 heterocycles. The van der Waals surface area contributed by atoms with Crippen LogP contribution >= 0.6 is 0 Å². The molecule has 27 heavy (non-hydrogen) atoms. The van der Waals surface area contributed by atoms with E-state index in [-0.39, 0.29) is 0 Å². The summed E-state index contributed by atoms with van der Waals surface area (Å²) in [6.07, 6.45) is 1.75. The molecule has 3 aromatic rings. The highest BCUT2D eigenvalue weighted by molar-refractivity contribution is 5.76. The molecule has 0 fully saturated rings. The number of hydroxylamine groups is 1. The van der Waals surface area contributed by atoms with E-state index < -0.39 is 0 Å². The fraction of sp³-hybridized carbons (Fsp3) is 0.368. The average Bonchev–Trinajstić information content (AvgIpc) is 3.12. The zero-order chi connectivity index (χ0) is 19.1. The van der Waals surface area contributed by atoms with Crippen LogP contribution in [0.5, 0.6) is 0 Å².